The van der Waals surface area contributed by atoms with Gasteiger partial charge in [0, 0.05) is 19.2 Å². The highest BCUT2D eigenvalue weighted by molar-refractivity contribution is 5.78. The van der Waals surface area contributed by atoms with E-state index >= 15 is 0 Å². The van der Waals surface area contributed by atoms with Crippen molar-refractivity contribution >= 4 is 11.4 Å². The van der Waals surface area contributed by atoms with E-state index in [9.17, 15) is 0 Å². The molecule has 0 saturated carbocycles. The van der Waals surface area contributed by atoms with E-state index in [1.54, 1.807) is 0 Å². The number of allylic oxidation sites excluding steroid dienone is 1. The van der Waals surface area contributed by atoms with Crippen LogP contribution >= 0.6 is 0 Å². The SMILES string of the molecule is C=C(C)Oc1cccc(C2Nc3ccc(OCCN4CCCCC4)cc3N2CCCC)c1. The Morgan fingerprint density at radius 1 is 1.06 bits per heavy atom. The van der Waals surface area contributed by atoms with E-state index in [0.717, 1.165) is 49.7 Å². The summed E-state index contributed by atoms with van der Waals surface area (Å²) in [6.45, 7) is 13.1. The minimum absolute atomic E-state index is 0.0776. The number of piperidine rings is 1. The van der Waals surface area contributed by atoms with Crippen molar-refractivity contribution in [2.24, 2.45) is 0 Å². The van der Waals surface area contributed by atoms with Gasteiger partial charge in [-0.05, 0) is 69.1 Å². The fraction of sp³-hybridized carbons (Fsp3) is 0.481. The Bertz CT molecular complexity index is 908. The Hall–Kier alpha value is -2.66. The summed E-state index contributed by atoms with van der Waals surface area (Å²) in [5.41, 5.74) is 3.55. The van der Waals surface area contributed by atoms with Gasteiger partial charge in [-0.1, -0.05) is 38.5 Å². The molecule has 2 aromatic rings. The molecule has 2 aliphatic heterocycles. The van der Waals surface area contributed by atoms with Crippen molar-refractivity contribution in [1.29, 1.82) is 0 Å². The zero-order chi connectivity index (χ0) is 22.3. The first-order chi connectivity index (χ1) is 15.6. The smallest absolute Gasteiger partial charge is 0.127 e. The Morgan fingerprint density at radius 3 is 2.69 bits per heavy atom. The van der Waals surface area contributed by atoms with Crippen LogP contribution in [0.25, 0.3) is 0 Å². The molecule has 5 heteroatoms. The number of nitrogens with one attached hydrogen (secondary N) is 1. The highest BCUT2D eigenvalue weighted by Crippen LogP contribution is 2.43. The number of nitrogens with zero attached hydrogens (tertiary/aromatic N) is 2. The van der Waals surface area contributed by atoms with Gasteiger partial charge >= 0.3 is 0 Å². The van der Waals surface area contributed by atoms with Gasteiger partial charge in [-0.3, -0.25) is 4.90 Å². The van der Waals surface area contributed by atoms with Gasteiger partial charge in [0.2, 0.25) is 0 Å². The molecular formula is C27H37N3O2. The molecule has 0 aromatic heterocycles. The predicted molar refractivity (Wildman–Crippen MR) is 133 cm³/mol. The summed E-state index contributed by atoms with van der Waals surface area (Å²) in [5, 5.41) is 3.71. The van der Waals surface area contributed by atoms with Crippen LogP contribution in [0, 0.1) is 0 Å². The fourth-order valence-electron chi connectivity index (χ4n) is 4.59. The van der Waals surface area contributed by atoms with Crippen LogP contribution in [0.1, 0.15) is 57.7 Å². The number of ether oxygens (including phenoxy) is 2. The molecule has 4 rings (SSSR count). The number of hydrogen-bond donors (Lipinski definition) is 1. The minimum atomic E-state index is 0.0776. The van der Waals surface area contributed by atoms with Crippen LogP contribution in [0.5, 0.6) is 11.5 Å². The molecular weight excluding hydrogens is 398 g/mol. The lowest BCUT2D eigenvalue weighted by Crippen LogP contribution is -2.33. The third-order valence-corrected chi connectivity index (χ3v) is 6.23. The third kappa shape index (κ3) is 5.57. The second-order valence-corrected chi connectivity index (χ2v) is 8.90. The summed E-state index contributed by atoms with van der Waals surface area (Å²) in [6.07, 6.45) is 6.37. The van der Waals surface area contributed by atoms with Crippen molar-refractivity contribution < 1.29 is 9.47 Å². The van der Waals surface area contributed by atoms with Gasteiger partial charge in [0.25, 0.3) is 0 Å². The molecule has 1 N–H and O–H groups in total. The molecule has 2 heterocycles. The molecule has 2 aliphatic rings. The molecule has 1 atom stereocenters. The lowest BCUT2D eigenvalue weighted by atomic mass is 10.1. The maximum atomic E-state index is 6.16. The van der Waals surface area contributed by atoms with Gasteiger partial charge in [0.15, 0.2) is 0 Å². The van der Waals surface area contributed by atoms with Gasteiger partial charge in [0.1, 0.15) is 24.3 Å². The molecule has 0 aliphatic carbocycles. The summed E-state index contributed by atoms with van der Waals surface area (Å²) in [5.74, 6) is 2.47. The summed E-state index contributed by atoms with van der Waals surface area (Å²) in [4.78, 5) is 4.97. The molecule has 1 saturated heterocycles. The van der Waals surface area contributed by atoms with Crippen molar-refractivity contribution in [2.45, 2.75) is 52.1 Å². The summed E-state index contributed by atoms with van der Waals surface area (Å²) < 4.78 is 11.9. The lowest BCUT2D eigenvalue weighted by Gasteiger charge is -2.28. The van der Waals surface area contributed by atoms with Gasteiger partial charge < -0.3 is 19.7 Å². The van der Waals surface area contributed by atoms with E-state index < -0.39 is 0 Å². The van der Waals surface area contributed by atoms with Crippen molar-refractivity contribution in [3.05, 3.63) is 60.4 Å². The first-order valence-electron chi connectivity index (χ1n) is 12.1. The number of hydrogen-bond acceptors (Lipinski definition) is 5. The van der Waals surface area contributed by atoms with E-state index in [2.05, 4.69) is 59.0 Å². The monoisotopic (exact) mass is 435 g/mol. The normalized spacial score (nSPS) is 18.2. The molecule has 0 radical (unpaired) electrons. The Morgan fingerprint density at radius 2 is 1.91 bits per heavy atom. The van der Waals surface area contributed by atoms with Crippen molar-refractivity contribution in [1.82, 2.24) is 4.90 Å². The average molecular weight is 436 g/mol. The standard InChI is InChI=1S/C27H37N3O2/c1-4-5-16-30-26-20-23(31-18-17-29-14-7-6-8-15-29)12-13-25(26)28-27(30)22-10-9-11-24(19-22)32-21(2)3/h9-13,19-20,27-28H,2,4-8,14-18H2,1,3H3. The van der Waals surface area contributed by atoms with Crippen molar-refractivity contribution in [3.8, 4) is 11.5 Å². The molecule has 0 amide bonds. The minimum Gasteiger partial charge on any atom is -0.492 e. The molecule has 32 heavy (non-hydrogen) atoms. The van der Waals surface area contributed by atoms with Crippen LogP contribution < -0.4 is 19.7 Å². The van der Waals surface area contributed by atoms with E-state index in [1.165, 1.54) is 43.6 Å². The fourth-order valence-corrected chi connectivity index (χ4v) is 4.59. The zero-order valence-electron chi connectivity index (χ0n) is 19.6. The first-order valence-corrected chi connectivity index (χ1v) is 12.1. The number of fused-ring (bicyclic) bond motifs is 1. The number of likely N-dealkylation sites (tertiary alicyclic amines) is 1. The van der Waals surface area contributed by atoms with E-state index in [-0.39, 0.29) is 6.17 Å². The zero-order valence-corrected chi connectivity index (χ0v) is 19.6. The van der Waals surface area contributed by atoms with Crippen LogP contribution in [-0.2, 0) is 0 Å². The first kappa shape index (κ1) is 22.5. The van der Waals surface area contributed by atoms with Crippen molar-refractivity contribution in [3.63, 3.8) is 0 Å². The largest absolute Gasteiger partial charge is 0.492 e. The second kappa shape index (κ2) is 10.8. The van der Waals surface area contributed by atoms with Crippen molar-refractivity contribution in [2.75, 3.05) is 43.0 Å². The van der Waals surface area contributed by atoms with Crippen LogP contribution in [0.4, 0.5) is 11.4 Å². The summed E-state index contributed by atoms with van der Waals surface area (Å²) >= 11 is 0. The summed E-state index contributed by atoms with van der Waals surface area (Å²) in [6, 6.07) is 14.7. The number of anilines is 2. The Kier molecular flexibility index (Phi) is 7.59. The topological polar surface area (TPSA) is 37.0 Å². The molecule has 1 unspecified atom stereocenters. The average Bonchev–Trinajstić information content (AvgIpc) is 3.16. The molecule has 5 nitrogen and oxygen atoms in total. The Labute approximate surface area is 193 Å². The maximum Gasteiger partial charge on any atom is 0.127 e. The highest BCUT2D eigenvalue weighted by Gasteiger charge is 2.30. The predicted octanol–water partition coefficient (Wildman–Crippen LogP) is 6.19. The van der Waals surface area contributed by atoms with Crippen LogP contribution in [0.15, 0.2) is 54.8 Å². The summed E-state index contributed by atoms with van der Waals surface area (Å²) in [7, 11) is 0. The van der Waals surface area contributed by atoms with Crippen LogP contribution in [0.3, 0.4) is 0 Å². The molecule has 0 spiro atoms. The second-order valence-electron chi connectivity index (χ2n) is 8.90. The van der Waals surface area contributed by atoms with E-state index in [1.807, 2.05) is 19.1 Å². The quantitative estimate of drug-likeness (QED) is 0.450. The van der Waals surface area contributed by atoms with E-state index in [0.29, 0.717) is 5.76 Å². The van der Waals surface area contributed by atoms with Crippen LogP contribution in [-0.4, -0.2) is 37.7 Å². The van der Waals surface area contributed by atoms with Gasteiger partial charge in [-0.15, -0.1) is 0 Å². The van der Waals surface area contributed by atoms with Gasteiger partial charge in [-0.2, -0.15) is 0 Å². The number of rotatable bonds is 10. The lowest BCUT2D eigenvalue weighted by molar-refractivity contribution is 0.183. The van der Waals surface area contributed by atoms with Gasteiger partial charge in [-0.25, -0.2) is 0 Å². The highest BCUT2D eigenvalue weighted by atomic mass is 16.5. The molecule has 172 valence electrons. The van der Waals surface area contributed by atoms with E-state index in [4.69, 9.17) is 9.47 Å². The number of benzene rings is 2. The molecule has 2 aromatic carbocycles. The number of unbranched alkanes of at least 4 members (excludes halogenated alkanes) is 1. The third-order valence-electron chi connectivity index (χ3n) is 6.23. The maximum absolute atomic E-state index is 6.16. The molecule has 0 bridgehead atoms. The Balaban J connectivity index is 1.48. The molecule has 1 fully saturated rings. The van der Waals surface area contributed by atoms with Gasteiger partial charge in [0.05, 0.1) is 17.1 Å². The van der Waals surface area contributed by atoms with Crippen LogP contribution in [0.2, 0.25) is 0 Å².